The molecule has 3 nitrogen and oxygen atoms in total. The normalized spacial score (nSPS) is 10.9. The minimum atomic E-state index is 0.736. The van der Waals surface area contributed by atoms with Gasteiger partial charge in [-0.2, -0.15) is 0 Å². The molecule has 0 aliphatic carbocycles. The molecule has 5 heteroatoms. The summed E-state index contributed by atoms with van der Waals surface area (Å²) in [6.07, 6.45) is 6.57. The highest BCUT2D eigenvalue weighted by atomic mass is 32.1. The van der Waals surface area contributed by atoms with Crippen LogP contribution in [0.3, 0.4) is 0 Å². The van der Waals surface area contributed by atoms with Gasteiger partial charge >= 0.3 is 0 Å². The van der Waals surface area contributed by atoms with Crippen molar-refractivity contribution in [3.05, 3.63) is 3.95 Å². The van der Waals surface area contributed by atoms with Gasteiger partial charge in [-0.25, -0.2) is 0 Å². The summed E-state index contributed by atoms with van der Waals surface area (Å²) < 4.78 is 0.736. The van der Waals surface area contributed by atoms with Gasteiger partial charge in [-0.1, -0.05) is 50.9 Å². The second-order valence-corrected chi connectivity index (χ2v) is 6.11. The molecule has 0 saturated heterocycles. The molecule has 0 aliphatic rings. The van der Waals surface area contributed by atoms with Crippen molar-refractivity contribution < 1.29 is 0 Å². The van der Waals surface area contributed by atoms with Gasteiger partial charge in [0.1, 0.15) is 0 Å². The monoisotopic (exact) mass is 259 g/mol. The second kappa shape index (κ2) is 7.79. The largest absolute Gasteiger partial charge is 0.360 e. The molecule has 0 bridgehead atoms. The van der Waals surface area contributed by atoms with Gasteiger partial charge in [-0.3, -0.25) is 5.10 Å². The van der Waals surface area contributed by atoms with E-state index in [9.17, 15) is 0 Å². The van der Waals surface area contributed by atoms with Gasteiger partial charge in [0.2, 0.25) is 5.13 Å². The summed E-state index contributed by atoms with van der Waals surface area (Å²) >= 11 is 6.45. The number of H-pyrrole nitrogens is 1. The molecule has 0 aromatic carbocycles. The van der Waals surface area contributed by atoms with Crippen LogP contribution in [0.1, 0.15) is 46.0 Å². The van der Waals surface area contributed by atoms with Crippen LogP contribution in [0.2, 0.25) is 0 Å². The zero-order valence-corrected chi connectivity index (χ0v) is 11.7. The number of aromatic amines is 1. The Morgan fingerprint density at radius 2 is 2.06 bits per heavy atom. The molecule has 0 aliphatic heterocycles. The molecule has 16 heavy (non-hydrogen) atoms. The Bertz CT molecular complexity index is 330. The number of hydrogen-bond acceptors (Lipinski definition) is 4. The summed E-state index contributed by atoms with van der Waals surface area (Å²) in [6.45, 7) is 5.57. The van der Waals surface area contributed by atoms with E-state index >= 15 is 0 Å². The summed E-state index contributed by atoms with van der Waals surface area (Å²) in [7, 11) is 0. The maximum absolute atomic E-state index is 4.95. The third kappa shape index (κ3) is 6.23. The van der Waals surface area contributed by atoms with Gasteiger partial charge in [0.25, 0.3) is 0 Å². The van der Waals surface area contributed by atoms with Crippen LogP contribution < -0.4 is 5.32 Å². The highest BCUT2D eigenvalue weighted by Gasteiger charge is 1.96. The highest BCUT2D eigenvalue weighted by molar-refractivity contribution is 7.73. The maximum Gasteiger partial charge on any atom is 0.204 e. The Labute approximate surface area is 107 Å². The lowest BCUT2D eigenvalue weighted by molar-refractivity contribution is 0.523. The summed E-state index contributed by atoms with van der Waals surface area (Å²) in [5.74, 6) is 0.842. The Morgan fingerprint density at radius 3 is 2.69 bits per heavy atom. The predicted molar refractivity (Wildman–Crippen MR) is 73.7 cm³/mol. The minimum absolute atomic E-state index is 0.736. The molecule has 0 fully saturated rings. The van der Waals surface area contributed by atoms with Crippen LogP contribution in [0.15, 0.2) is 0 Å². The summed E-state index contributed by atoms with van der Waals surface area (Å²) in [4.78, 5) is 0. The predicted octanol–water partition coefficient (Wildman–Crippen LogP) is 4.22. The molecule has 0 atom stereocenters. The molecule has 1 heterocycles. The number of nitrogens with zero attached hydrogens (tertiary/aromatic N) is 1. The van der Waals surface area contributed by atoms with E-state index in [0.717, 1.165) is 21.5 Å². The number of aromatic nitrogens is 2. The zero-order valence-electron chi connectivity index (χ0n) is 10.1. The van der Waals surface area contributed by atoms with E-state index < -0.39 is 0 Å². The first-order chi connectivity index (χ1) is 7.68. The molecular formula is C11H21N3S2. The van der Waals surface area contributed by atoms with Crippen LogP contribution in [-0.4, -0.2) is 16.7 Å². The third-order valence-electron chi connectivity index (χ3n) is 2.42. The van der Waals surface area contributed by atoms with Crippen molar-refractivity contribution in [3.63, 3.8) is 0 Å². The fraction of sp³-hybridized carbons (Fsp3) is 0.818. The van der Waals surface area contributed by atoms with Gasteiger partial charge in [0.15, 0.2) is 3.95 Å². The van der Waals surface area contributed by atoms with Crippen LogP contribution in [0, 0.1) is 9.87 Å². The van der Waals surface area contributed by atoms with E-state index in [-0.39, 0.29) is 0 Å². The van der Waals surface area contributed by atoms with Crippen molar-refractivity contribution in [2.45, 2.75) is 46.0 Å². The van der Waals surface area contributed by atoms with Gasteiger partial charge < -0.3 is 5.32 Å². The van der Waals surface area contributed by atoms with Gasteiger partial charge in [0, 0.05) is 6.54 Å². The summed E-state index contributed by atoms with van der Waals surface area (Å²) in [5.41, 5.74) is 0. The molecule has 1 aromatic heterocycles. The molecule has 1 rings (SSSR count). The topological polar surface area (TPSA) is 40.7 Å². The lowest BCUT2D eigenvalue weighted by Gasteiger charge is -2.04. The van der Waals surface area contributed by atoms with Crippen LogP contribution >= 0.6 is 23.6 Å². The lowest BCUT2D eigenvalue weighted by Crippen LogP contribution is -2.00. The molecule has 92 valence electrons. The summed E-state index contributed by atoms with van der Waals surface area (Å²) in [5, 5.41) is 11.0. The van der Waals surface area contributed by atoms with Crippen LogP contribution in [-0.2, 0) is 0 Å². The summed E-state index contributed by atoms with van der Waals surface area (Å²) in [6, 6.07) is 0. The van der Waals surface area contributed by atoms with Crippen molar-refractivity contribution in [1.29, 1.82) is 0 Å². The fourth-order valence-electron chi connectivity index (χ4n) is 1.53. The van der Waals surface area contributed by atoms with E-state index in [0.29, 0.717) is 0 Å². The molecule has 2 N–H and O–H groups in total. The smallest absolute Gasteiger partial charge is 0.204 e. The first-order valence-electron chi connectivity index (χ1n) is 5.98. The molecule has 0 unspecified atom stereocenters. The fourth-order valence-corrected chi connectivity index (χ4v) is 2.35. The number of hydrogen-bond donors (Lipinski definition) is 2. The first kappa shape index (κ1) is 13.6. The van der Waals surface area contributed by atoms with Gasteiger partial charge in [-0.15, -0.1) is 5.10 Å². The van der Waals surface area contributed by atoms with E-state index in [1.54, 1.807) is 0 Å². The van der Waals surface area contributed by atoms with Crippen molar-refractivity contribution in [3.8, 4) is 0 Å². The Hall–Kier alpha value is -0.420. The van der Waals surface area contributed by atoms with Crippen molar-refractivity contribution in [1.82, 2.24) is 10.2 Å². The first-order valence-corrected chi connectivity index (χ1v) is 7.20. The average Bonchev–Trinajstić information content (AvgIpc) is 2.62. The quantitative estimate of drug-likeness (QED) is 0.542. The lowest BCUT2D eigenvalue weighted by atomic mass is 10.0. The van der Waals surface area contributed by atoms with E-state index in [1.807, 2.05) is 0 Å². The van der Waals surface area contributed by atoms with Crippen LogP contribution in [0.5, 0.6) is 0 Å². The maximum atomic E-state index is 4.95. The van der Waals surface area contributed by atoms with E-state index in [1.165, 1.54) is 43.4 Å². The highest BCUT2D eigenvalue weighted by Crippen LogP contribution is 2.12. The van der Waals surface area contributed by atoms with Gasteiger partial charge in [0.05, 0.1) is 0 Å². The molecule has 0 radical (unpaired) electrons. The zero-order chi connectivity index (χ0) is 11.8. The third-order valence-corrected chi connectivity index (χ3v) is 3.47. The minimum Gasteiger partial charge on any atom is -0.360 e. The Kier molecular flexibility index (Phi) is 6.64. The molecular weight excluding hydrogens is 238 g/mol. The van der Waals surface area contributed by atoms with E-state index in [2.05, 4.69) is 29.4 Å². The average molecular weight is 259 g/mol. The SMILES string of the molecule is CC(C)CCCCCCNc1n[nH]c(=S)s1. The number of unbranched alkanes of at least 4 members (excludes halogenated alkanes) is 3. The molecule has 1 aromatic rings. The number of nitrogens with one attached hydrogen (secondary N) is 2. The molecule has 0 saturated carbocycles. The van der Waals surface area contributed by atoms with Crippen molar-refractivity contribution in [2.75, 3.05) is 11.9 Å². The molecule has 0 spiro atoms. The second-order valence-electron chi connectivity index (χ2n) is 4.44. The van der Waals surface area contributed by atoms with Crippen molar-refractivity contribution in [2.24, 2.45) is 5.92 Å². The standard InChI is InChI=1S/C11H21N3S2/c1-9(2)7-5-3-4-6-8-12-10-13-14-11(15)16-10/h9H,3-8H2,1-2H3,(H,12,13)(H,14,15). The van der Waals surface area contributed by atoms with Crippen LogP contribution in [0.25, 0.3) is 0 Å². The Morgan fingerprint density at radius 1 is 1.31 bits per heavy atom. The number of anilines is 1. The van der Waals surface area contributed by atoms with Crippen LogP contribution in [0.4, 0.5) is 5.13 Å². The molecule has 0 amide bonds. The van der Waals surface area contributed by atoms with Crippen molar-refractivity contribution >= 4 is 28.7 Å². The van der Waals surface area contributed by atoms with E-state index in [4.69, 9.17) is 12.2 Å². The number of rotatable bonds is 8. The van der Waals surface area contributed by atoms with Gasteiger partial charge in [-0.05, 0) is 24.6 Å². The Balaban J connectivity index is 1.94.